The number of rotatable bonds is 2. The maximum atomic E-state index is 12.3. The molecule has 1 atom stereocenters. The van der Waals surface area contributed by atoms with Gasteiger partial charge in [-0.2, -0.15) is 0 Å². The molecule has 5 heteroatoms. The van der Waals surface area contributed by atoms with Gasteiger partial charge in [0.1, 0.15) is 5.60 Å². The number of esters is 1. The van der Waals surface area contributed by atoms with E-state index < -0.39 is 5.60 Å². The van der Waals surface area contributed by atoms with E-state index in [9.17, 15) is 9.59 Å². The fourth-order valence-corrected chi connectivity index (χ4v) is 3.02. The molecule has 2 rings (SSSR count). The molecule has 24 heavy (non-hydrogen) atoms. The minimum atomic E-state index is -0.483. The largest absolute Gasteiger partial charge is 0.465 e. The van der Waals surface area contributed by atoms with Crippen molar-refractivity contribution in [1.82, 2.24) is 4.90 Å². The third-order valence-electron chi connectivity index (χ3n) is 4.20. The van der Waals surface area contributed by atoms with Crippen LogP contribution in [0.2, 0.25) is 0 Å². The summed E-state index contributed by atoms with van der Waals surface area (Å²) in [4.78, 5) is 25.8. The third kappa shape index (κ3) is 4.49. The van der Waals surface area contributed by atoms with Gasteiger partial charge in [-0.15, -0.1) is 0 Å². The van der Waals surface area contributed by atoms with E-state index in [0.717, 1.165) is 30.5 Å². The van der Waals surface area contributed by atoms with Crippen LogP contribution in [0.3, 0.4) is 0 Å². The summed E-state index contributed by atoms with van der Waals surface area (Å²) >= 11 is 0. The Balaban J connectivity index is 2.11. The molecule has 132 valence electrons. The van der Waals surface area contributed by atoms with Crippen molar-refractivity contribution in [2.75, 3.05) is 20.2 Å². The molecule has 0 aromatic heterocycles. The molecule has 1 aliphatic rings. The van der Waals surface area contributed by atoms with Gasteiger partial charge in [0, 0.05) is 19.0 Å². The number of benzene rings is 1. The lowest BCUT2D eigenvalue weighted by atomic mass is 9.89. The van der Waals surface area contributed by atoms with Crippen LogP contribution in [0, 0.1) is 6.92 Å². The van der Waals surface area contributed by atoms with Crippen molar-refractivity contribution >= 4 is 12.1 Å². The van der Waals surface area contributed by atoms with E-state index in [1.165, 1.54) is 7.11 Å². The summed E-state index contributed by atoms with van der Waals surface area (Å²) < 4.78 is 10.3. The topological polar surface area (TPSA) is 55.8 Å². The maximum Gasteiger partial charge on any atom is 0.410 e. The number of hydrogen-bond acceptors (Lipinski definition) is 4. The summed E-state index contributed by atoms with van der Waals surface area (Å²) in [6.45, 7) is 8.91. The molecular formula is C19H27NO4. The number of carbonyl (C=O) groups is 2. The van der Waals surface area contributed by atoms with Crippen LogP contribution >= 0.6 is 0 Å². The molecule has 0 aliphatic carbocycles. The van der Waals surface area contributed by atoms with Gasteiger partial charge in [-0.05, 0) is 57.7 Å². The quantitative estimate of drug-likeness (QED) is 0.770. The summed E-state index contributed by atoms with van der Waals surface area (Å²) in [7, 11) is 1.38. The minimum Gasteiger partial charge on any atom is -0.465 e. The molecule has 1 heterocycles. The molecule has 0 N–H and O–H groups in total. The fraction of sp³-hybridized carbons (Fsp3) is 0.579. The SMILES string of the molecule is COC(=O)c1ccc([C@H]2CCCN(C(=O)OC(C)(C)C)C2)cc1C. The standard InChI is InChI=1S/C19H27NO4/c1-13-11-14(8-9-16(13)17(21)23-5)15-7-6-10-20(12-15)18(22)24-19(2,3)4/h8-9,11,15H,6-7,10,12H2,1-5H3/t15-/m0/s1. The van der Waals surface area contributed by atoms with Crippen LogP contribution in [0.4, 0.5) is 4.79 Å². The summed E-state index contributed by atoms with van der Waals surface area (Å²) in [6, 6.07) is 5.79. The maximum absolute atomic E-state index is 12.3. The molecule has 0 saturated carbocycles. The first-order valence-corrected chi connectivity index (χ1v) is 8.38. The fourth-order valence-electron chi connectivity index (χ4n) is 3.02. The van der Waals surface area contributed by atoms with Crippen molar-refractivity contribution in [3.8, 4) is 0 Å². The highest BCUT2D eigenvalue weighted by Crippen LogP contribution is 2.29. The van der Waals surface area contributed by atoms with Gasteiger partial charge in [-0.1, -0.05) is 12.1 Å². The molecule has 1 aromatic carbocycles. The zero-order valence-electron chi connectivity index (χ0n) is 15.2. The number of nitrogens with zero attached hydrogens (tertiary/aromatic N) is 1. The van der Waals surface area contributed by atoms with Gasteiger partial charge in [0.25, 0.3) is 0 Å². The number of aryl methyl sites for hydroxylation is 1. The average molecular weight is 333 g/mol. The molecule has 1 amide bonds. The summed E-state index contributed by atoms with van der Waals surface area (Å²) in [5.74, 6) is -0.0604. The first-order valence-electron chi connectivity index (χ1n) is 8.38. The Morgan fingerprint density at radius 1 is 1.25 bits per heavy atom. The van der Waals surface area contributed by atoms with Crippen LogP contribution in [-0.2, 0) is 9.47 Å². The van der Waals surface area contributed by atoms with E-state index >= 15 is 0 Å². The summed E-state index contributed by atoms with van der Waals surface area (Å²) in [5, 5.41) is 0. The van der Waals surface area contributed by atoms with E-state index in [1.807, 2.05) is 45.9 Å². The van der Waals surface area contributed by atoms with Crippen molar-refractivity contribution in [3.63, 3.8) is 0 Å². The van der Waals surface area contributed by atoms with E-state index in [2.05, 4.69) is 0 Å². The van der Waals surface area contributed by atoms with Crippen LogP contribution in [-0.4, -0.2) is 42.8 Å². The normalized spacial score (nSPS) is 18.2. The van der Waals surface area contributed by atoms with Gasteiger partial charge in [0.15, 0.2) is 0 Å². The Hall–Kier alpha value is -2.04. The summed E-state index contributed by atoms with van der Waals surface area (Å²) in [5.41, 5.74) is 2.14. The molecule has 5 nitrogen and oxygen atoms in total. The van der Waals surface area contributed by atoms with Crippen LogP contribution in [0.15, 0.2) is 18.2 Å². The van der Waals surface area contributed by atoms with Gasteiger partial charge >= 0.3 is 12.1 Å². The third-order valence-corrected chi connectivity index (χ3v) is 4.20. The molecule has 1 saturated heterocycles. The number of ether oxygens (including phenoxy) is 2. The Bertz CT molecular complexity index is 618. The predicted octanol–water partition coefficient (Wildman–Crippen LogP) is 3.90. The second-order valence-corrected chi connectivity index (χ2v) is 7.33. The smallest absolute Gasteiger partial charge is 0.410 e. The lowest BCUT2D eigenvalue weighted by Crippen LogP contribution is -2.42. The first kappa shape index (κ1) is 18.3. The summed E-state index contributed by atoms with van der Waals surface area (Å²) in [6.07, 6.45) is 1.72. The monoisotopic (exact) mass is 333 g/mol. The number of likely N-dealkylation sites (tertiary alicyclic amines) is 1. The Kier molecular flexibility index (Phi) is 5.52. The van der Waals surface area contributed by atoms with Crippen LogP contribution in [0.1, 0.15) is 61.0 Å². The molecule has 1 aromatic rings. The van der Waals surface area contributed by atoms with Gasteiger partial charge in [0.05, 0.1) is 12.7 Å². The van der Waals surface area contributed by atoms with Gasteiger partial charge in [0.2, 0.25) is 0 Å². The molecule has 0 bridgehead atoms. The number of amides is 1. The van der Waals surface area contributed by atoms with Crippen LogP contribution in [0.25, 0.3) is 0 Å². The van der Waals surface area contributed by atoms with Gasteiger partial charge in [-0.25, -0.2) is 9.59 Å². The lowest BCUT2D eigenvalue weighted by Gasteiger charge is -2.34. The lowest BCUT2D eigenvalue weighted by molar-refractivity contribution is 0.0198. The predicted molar refractivity (Wildman–Crippen MR) is 92.3 cm³/mol. The second-order valence-electron chi connectivity index (χ2n) is 7.33. The van der Waals surface area contributed by atoms with Crippen molar-refractivity contribution in [2.24, 2.45) is 0 Å². The van der Waals surface area contributed by atoms with E-state index in [-0.39, 0.29) is 18.0 Å². The molecule has 0 radical (unpaired) electrons. The number of methoxy groups -OCH3 is 1. The Morgan fingerprint density at radius 3 is 2.54 bits per heavy atom. The second kappa shape index (κ2) is 7.24. The highest BCUT2D eigenvalue weighted by molar-refractivity contribution is 5.91. The number of carbonyl (C=O) groups excluding carboxylic acids is 2. The minimum absolute atomic E-state index is 0.255. The number of hydrogen-bond donors (Lipinski definition) is 0. The van der Waals surface area contributed by atoms with E-state index in [0.29, 0.717) is 12.1 Å². The highest BCUT2D eigenvalue weighted by atomic mass is 16.6. The van der Waals surface area contributed by atoms with Gasteiger partial charge < -0.3 is 14.4 Å². The molecule has 0 spiro atoms. The molecular weight excluding hydrogens is 306 g/mol. The molecule has 1 fully saturated rings. The van der Waals surface area contributed by atoms with Crippen molar-refractivity contribution in [3.05, 3.63) is 34.9 Å². The van der Waals surface area contributed by atoms with Crippen molar-refractivity contribution in [2.45, 2.75) is 52.1 Å². The van der Waals surface area contributed by atoms with E-state index in [4.69, 9.17) is 9.47 Å². The van der Waals surface area contributed by atoms with E-state index in [1.54, 1.807) is 4.90 Å². The van der Waals surface area contributed by atoms with Crippen molar-refractivity contribution in [1.29, 1.82) is 0 Å². The highest BCUT2D eigenvalue weighted by Gasteiger charge is 2.28. The van der Waals surface area contributed by atoms with Crippen molar-refractivity contribution < 1.29 is 19.1 Å². The molecule has 1 aliphatic heterocycles. The van der Waals surface area contributed by atoms with Gasteiger partial charge in [-0.3, -0.25) is 0 Å². The Morgan fingerprint density at radius 2 is 1.96 bits per heavy atom. The number of piperidine rings is 1. The van der Waals surface area contributed by atoms with Crippen LogP contribution in [0.5, 0.6) is 0 Å². The average Bonchev–Trinajstić information content (AvgIpc) is 2.52. The zero-order chi connectivity index (χ0) is 17.9. The Labute approximate surface area is 143 Å². The van der Waals surface area contributed by atoms with Crippen LogP contribution < -0.4 is 0 Å². The molecule has 0 unspecified atom stereocenters. The first-order chi connectivity index (χ1) is 11.2. The zero-order valence-corrected chi connectivity index (χ0v) is 15.2.